The number of tetrazole rings is 1. The average Bonchev–Trinajstić information content (AvgIpc) is 3.76. The highest BCUT2D eigenvalue weighted by molar-refractivity contribution is 6.03. The molecule has 1 heterocycles. The van der Waals surface area contributed by atoms with Gasteiger partial charge in [0.15, 0.2) is 0 Å². The second-order valence-corrected chi connectivity index (χ2v) is 11.8. The Balaban J connectivity index is 1.22. The molecular weight excluding hydrogens is 599 g/mol. The first-order chi connectivity index (χ1) is 22.2. The fourth-order valence-electron chi connectivity index (χ4n) is 5.61. The van der Waals surface area contributed by atoms with E-state index in [0.717, 1.165) is 31.7 Å². The summed E-state index contributed by atoms with van der Waals surface area (Å²) in [6, 6.07) is 17.3. The van der Waals surface area contributed by atoms with Crippen molar-refractivity contribution in [2.45, 2.75) is 63.6 Å². The first-order valence-corrected chi connectivity index (χ1v) is 15.4. The Kier molecular flexibility index (Phi) is 9.18. The number of hydrogen-bond acceptors (Lipinski definition) is 6. The summed E-state index contributed by atoms with van der Waals surface area (Å²) in [5, 5.41) is 18.2. The molecule has 0 atom stereocenters. The largest absolute Gasteiger partial charge is 0.493 e. The first kappa shape index (κ1) is 31.1. The van der Waals surface area contributed by atoms with Crippen molar-refractivity contribution in [2.24, 2.45) is 5.92 Å². The predicted molar refractivity (Wildman–Crippen MR) is 166 cm³/mol. The number of nitrogens with one attached hydrogen (secondary N) is 3. The van der Waals surface area contributed by atoms with E-state index < -0.39 is 23.7 Å². The van der Waals surface area contributed by atoms with Crippen LogP contribution in [0.5, 0.6) is 5.75 Å². The minimum atomic E-state index is -4.66. The quantitative estimate of drug-likeness (QED) is 0.166. The van der Waals surface area contributed by atoms with Gasteiger partial charge in [-0.1, -0.05) is 48.6 Å². The van der Waals surface area contributed by atoms with Crippen molar-refractivity contribution >= 4 is 29.3 Å². The normalized spacial score (nSPS) is 15.3. The van der Waals surface area contributed by atoms with E-state index >= 15 is 0 Å². The van der Waals surface area contributed by atoms with Gasteiger partial charge in [0.2, 0.25) is 0 Å². The molecule has 2 fully saturated rings. The van der Waals surface area contributed by atoms with E-state index in [1.807, 2.05) is 24.3 Å². The Labute approximate surface area is 263 Å². The third-order valence-electron chi connectivity index (χ3n) is 8.36. The Bertz CT molecular complexity index is 1630. The minimum Gasteiger partial charge on any atom is -0.493 e. The number of rotatable bonds is 10. The first-order valence-electron chi connectivity index (χ1n) is 15.4. The molecule has 4 aromatic rings. The molecule has 13 heteroatoms. The van der Waals surface area contributed by atoms with Crippen LogP contribution in [0, 0.1) is 5.92 Å². The highest BCUT2D eigenvalue weighted by Crippen LogP contribution is 2.39. The highest BCUT2D eigenvalue weighted by Gasteiger charge is 2.35. The van der Waals surface area contributed by atoms with Crippen molar-refractivity contribution < 1.29 is 27.5 Å². The summed E-state index contributed by atoms with van der Waals surface area (Å²) in [4.78, 5) is 27.7. The van der Waals surface area contributed by atoms with E-state index in [1.54, 1.807) is 24.3 Å². The average molecular weight is 634 g/mol. The van der Waals surface area contributed by atoms with Crippen LogP contribution in [0.2, 0.25) is 0 Å². The van der Waals surface area contributed by atoms with Gasteiger partial charge in [-0.25, -0.2) is 4.79 Å². The number of alkyl halides is 3. The van der Waals surface area contributed by atoms with Crippen LogP contribution in [0.25, 0.3) is 0 Å². The van der Waals surface area contributed by atoms with Gasteiger partial charge in [0.05, 0.1) is 18.7 Å². The molecule has 2 aliphatic carbocycles. The molecule has 0 radical (unpaired) electrons. The van der Waals surface area contributed by atoms with Gasteiger partial charge >= 0.3 is 12.2 Å². The number of H-pyrrole nitrogens is 1. The van der Waals surface area contributed by atoms with Gasteiger partial charge in [-0.05, 0) is 96.3 Å². The molecule has 0 bridgehead atoms. The Morgan fingerprint density at radius 2 is 1.65 bits per heavy atom. The molecule has 0 spiro atoms. The number of hydrogen-bond donors (Lipinski definition) is 3. The minimum absolute atomic E-state index is 0.00610. The maximum Gasteiger partial charge on any atom is 0.420 e. The standard InChI is InChI=1S/C33H34F3N7O3/c34-33(35,36)28-18-26(14-17-29(28)46-20-22-6-7-22)37-32(45)43(27-15-12-24(13-16-27)23-4-2-1-3-5-23)19-21-8-10-25(11-9-21)30(44)38-31-39-41-42-40-31/h8-18,22-23H,1-7,19-20H2,(H,37,45)(H2,38,39,40,41,42,44). The summed E-state index contributed by atoms with van der Waals surface area (Å²) in [7, 11) is 0. The number of nitrogens with zero attached hydrogens (tertiary/aromatic N) is 4. The molecule has 240 valence electrons. The lowest BCUT2D eigenvalue weighted by Crippen LogP contribution is -2.34. The van der Waals surface area contributed by atoms with Crippen LogP contribution < -0.4 is 20.3 Å². The highest BCUT2D eigenvalue weighted by atomic mass is 19.4. The van der Waals surface area contributed by atoms with Crippen molar-refractivity contribution in [1.82, 2.24) is 20.6 Å². The van der Waals surface area contributed by atoms with Crippen LogP contribution in [0.4, 0.5) is 35.3 Å². The van der Waals surface area contributed by atoms with Crippen molar-refractivity contribution in [3.8, 4) is 5.75 Å². The zero-order valence-electron chi connectivity index (χ0n) is 25.0. The third-order valence-corrected chi connectivity index (χ3v) is 8.36. The molecule has 46 heavy (non-hydrogen) atoms. The van der Waals surface area contributed by atoms with Gasteiger partial charge in [-0.2, -0.15) is 18.4 Å². The van der Waals surface area contributed by atoms with E-state index in [1.165, 1.54) is 41.9 Å². The second-order valence-electron chi connectivity index (χ2n) is 11.8. The number of carbonyl (C=O) groups excluding carboxylic acids is 2. The number of benzene rings is 3. The number of urea groups is 1. The Hall–Kier alpha value is -4.94. The molecule has 10 nitrogen and oxygen atoms in total. The second kappa shape index (κ2) is 13.6. The number of anilines is 3. The van der Waals surface area contributed by atoms with Crippen LogP contribution in [-0.4, -0.2) is 39.2 Å². The fraction of sp³-hybridized carbons (Fsp3) is 0.364. The maximum absolute atomic E-state index is 14.0. The van der Waals surface area contributed by atoms with Gasteiger partial charge in [-0.3, -0.25) is 15.0 Å². The molecule has 0 saturated heterocycles. The number of aromatic nitrogens is 4. The number of ether oxygens (including phenoxy) is 1. The molecule has 6 rings (SSSR count). The monoisotopic (exact) mass is 633 g/mol. The van der Waals surface area contributed by atoms with Crippen molar-refractivity contribution in [3.05, 3.63) is 89.0 Å². The maximum atomic E-state index is 14.0. The summed E-state index contributed by atoms with van der Waals surface area (Å²) < 4.78 is 47.4. The number of amides is 3. The zero-order chi connectivity index (χ0) is 32.1. The molecule has 0 unspecified atom stereocenters. The molecule has 3 N–H and O–H groups in total. The van der Waals surface area contributed by atoms with Crippen LogP contribution in [0.15, 0.2) is 66.7 Å². The summed E-state index contributed by atoms with van der Waals surface area (Å²) >= 11 is 0. The van der Waals surface area contributed by atoms with Gasteiger partial charge < -0.3 is 10.1 Å². The molecule has 3 aromatic carbocycles. The van der Waals surface area contributed by atoms with Crippen molar-refractivity contribution in [3.63, 3.8) is 0 Å². The molecule has 0 aliphatic heterocycles. The molecule has 2 saturated carbocycles. The Morgan fingerprint density at radius 1 is 0.913 bits per heavy atom. The van der Waals surface area contributed by atoms with E-state index in [2.05, 4.69) is 31.3 Å². The molecule has 1 aromatic heterocycles. The fourth-order valence-corrected chi connectivity index (χ4v) is 5.61. The van der Waals surface area contributed by atoms with Crippen LogP contribution >= 0.6 is 0 Å². The zero-order valence-corrected chi connectivity index (χ0v) is 25.0. The number of carbonyl (C=O) groups is 2. The molecule has 2 aliphatic rings. The lowest BCUT2D eigenvalue weighted by Gasteiger charge is -2.26. The van der Waals surface area contributed by atoms with E-state index in [-0.39, 0.29) is 36.5 Å². The van der Waals surface area contributed by atoms with E-state index in [4.69, 9.17) is 4.74 Å². The van der Waals surface area contributed by atoms with Crippen LogP contribution in [0.3, 0.4) is 0 Å². The summed E-state index contributed by atoms with van der Waals surface area (Å²) in [6.07, 6.45) is 3.10. The lowest BCUT2D eigenvalue weighted by atomic mass is 9.84. The summed E-state index contributed by atoms with van der Waals surface area (Å²) in [5.74, 6) is 0.0942. The van der Waals surface area contributed by atoms with Gasteiger partial charge in [0.25, 0.3) is 11.9 Å². The van der Waals surface area contributed by atoms with E-state index in [9.17, 15) is 22.8 Å². The predicted octanol–water partition coefficient (Wildman–Crippen LogP) is 7.55. The van der Waals surface area contributed by atoms with Gasteiger partial charge in [0, 0.05) is 16.9 Å². The Morgan fingerprint density at radius 3 is 2.30 bits per heavy atom. The number of halogens is 3. The summed E-state index contributed by atoms with van der Waals surface area (Å²) in [6.45, 7) is 0.326. The van der Waals surface area contributed by atoms with Crippen LogP contribution in [0.1, 0.15) is 77.9 Å². The lowest BCUT2D eigenvalue weighted by molar-refractivity contribution is -0.138. The molecular formula is C33H34F3N7O3. The topological polar surface area (TPSA) is 125 Å². The smallest absolute Gasteiger partial charge is 0.420 e. The summed E-state index contributed by atoms with van der Waals surface area (Å²) in [5.41, 5.74) is 1.87. The van der Waals surface area contributed by atoms with Crippen molar-refractivity contribution in [2.75, 3.05) is 22.1 Å². The third kappa shape index (κ3) is 7.82. The van der Waals surface area contributed by atoms with Gasteiger partial charge in [-0.15, -0.1) is 5.10 Å². The van der Waals surface area contributed by atoms with Gasteiger partial charge in [0.1, 0.15) is 5.75 Å². The number of aromatic amines is 1. The SMILES string of the molecule is O=C(Nc1nn[nH]n1)c1ccc(CN(C(=O)Nc2ccc(OCC3CC3)c(C(F)(F)F)c2)c2ccc(C3CCCCC3)cc2)cc1. The molecule has 3 amide bonds. The van der Waals surface area contributed by atoms with Crippen molar-refractivity contribution in [1.29, 1.82) is 0 Å². The van der Waals surface area contributed by atoms with Crippen LogP contribution in [-0.2, 0) is 12.7 Å². The van der Waals surface area contributed by atoms with E-state index in [0.29, 0.717) is 22.7 Å².